The standard InChI is InChI=1S/C15H16N4O/c1-11-9-13(10-16)18-15(17-11)19-14-6-4-3-5-12(14)7-8-20-2/h3-6,9H,7-8H2,1-2H3,(H,17,18,19). The first-order chi connectivity index (χ1) is 9.72. The molecule has 1 aromatic carbocycles. The SMILES string of the molecule is COCCc1ccccc1Nc1nc(C)cc(C#N)n1. The third kappa shape index (κ3) is 3.53. The van der Waals surface area contributed by atoms with Crippen LogP contribution in [0, 0.1) is 18.3 Å². The van der Waals surface area contributed by atoms with E-state index in [9.17, 15) is 0 Å². The van der Waals surface area contributed by atoms with Gasteiger partial charge in [0.1, 0.15) is 11.8 Å². The lowest BCUT2D eigenvalue weighted by Gasteiger charge is -2.11. The Morgan fingerprint density at radius 3 is 2.85 bits per heavy atom. The molecule has 0 unspecified atom stereocenters. The van der Waals surface area contributed by atoms with Crippen molar-refractivity contribution in [3.8, 4) is 6.07 Å². The molecule has 5 nitrogen and oxygen atoms in total. The van der Waals surface area contributed by atoms with Crippen molar-refractivity contribution >= 4 is 11.6 Å². The summed E-state index contributed by atoms with van der Waals surface area (Å²) in [4.78, 5) is 8.45. The van der Waals surface area contributed by atoms with Crippen LogP contribution in [-0.2, 0) is 11.2 Å². The van der Waals surface area contributed by atoms with Crippen LogP contribution in [0.3, 0.4) is 0 Å². The van der Waals surface area contributed by atoms with Crippen LogP contribution in [0.25, 0.3) is 0 Å². The number of nitriles is 1. The first-order valence-corrected chi connectivity index (χ1v) is 6.32. The molecule has 0 aliphatic carbocycles. The minimum atomic E-state index is 0.356. The predicted octanol–water partition coefficient (Wildman–Crippen LogP) is 2.59. The number of benzene rings is 1. The van der Waals surface area contributed by atoms with E-state index in [1.807, 2.05) is 37.3 Å². The lowest BCUT2D eigenvalue weighted by molar-refractivity contribution is 0.202. The van der Waals surface area contributed by atoms with Gasteiger partial charge in [0.05, 0.1) is 6.61 Å². The molecule has 20 heavy (non-hydrogen) atoms. The second-order valence-corrected chi connectivity index (χ2v) is 4.35. The number of anilines is 2. The number of aryl methyl sites for hydroxylation is 1. The van der Waals surface area contributed by atoms with E-state index in [0.29, 0.717) is 18.2 Å². The van der Waals surface area contributed by atoms with Gasteiger partial charge in [-0.15, -0.1) is 0 Å². The molecule has 0 spiro atoms. The van der Waals surface area contributed by atoms with Crippen molar-refractivity contribution in [2.45, 2.75) is 13.3 Å². The number of hydrogen-bond acceptors (Lipinski definition) is 5. The van der Waals surface area contributed by atoms with Crippen molar-refractivity contribution in [3.63, 3.8) is 0 Å². The molecule has 0 amide bonds. The number of nitrogens with zero attached hydrogens (tertiary/aromatic N) is 3. The molecular weight excluding hydrogens is 252 g/mol. The molecule has 2 rings (SSSR count). The number of para-hydroxylation sites is 1. The van der Waals surface area contributed by atoms with Crippen molar-refractivity contribution in [3.05, 3.63) is 47.3 Å². The number of hydrogen-bond donors (Lipinski definition) is 1. The third-order valence-corrected chi connectivity index (χ3v) is 2.81. The molecule has 0 atom stereocenters. The Hall–Kier alpha value is -2.45. The van der Waals surface area contributed by atoms with Crippen LogP contribution in [0.4, 0.5) is 11.6 Å². The van der Waals surface area contributed by atoms with Crippen molar-refractivity contribution in [2.24, 2.45) is 0 Å². The zero-order valence-corrected chi connectivity index (χ0v) is 11.6. The summed E-state index contributed by atoms with van der Waals surface area (Å²) in [6.07, 6.45) is 0.802. The van der Waals surface area contributed by atoms with E-state index in [1.165, 1.54) is 0 Å². The molecule has 0 radical (unpaired) electrons. The zero-order chi connectivity index (χ0) is 14.4. The summed E-state index contributed by atoms with van der Waals surface area (Å²) in [6, 6.07) is 11.6. The van der Waals surface area contributed by atoms with E-state index in [-0.39, 0.29) is 0 Å². The fourth-order valence-corrected chi connectivity index (χ4v) is 1.87. The molecule has 1 N–H and O–H groups in total. The summed E-state index contributed by atoms with van der Waals surface area (Å²) in [6.45, 7) is 2.49. The van der Waals surface area contributed by atoms with Gasteiger partial charge in [-0.25, -0.2) is 9.97 Å². The van der Waals surface area contributed by atoms with Gasteiger partial charge in [0, 0.05) is 18.5 Å². The summed E-state index contributed by atoms with van der Waals surface area (Å²) in [5, 5.41) is 12.1. The molecule has 102 valence electrons. The molecule has 0 bridgehead atoms. The van der Waals surface area contributed by atoms with Gasteiger partial charge in [-0.1, -0.05) is 18.2 Å². The molecule has 0 saturated carbocycles. The second-order valence-electron chi connectivity index (χ2n) is 4.35. The first-order valence-electron chi connectivity index (χ1n) is 6.32. The van der Waals surface area contributed by atoms with E-state index in [2.05, 4.69) is 15.3 Å². The maximum absolute atomic E-state index is 8.94. The van der Waals surface area contributed by atoms with Gasteiger partial charge in [-0.05, 0) is 31.0 Å². The van der Waals surface area contributed by atoms with Crippen LogP contribution < -0.4 is 5.32 Å². The van der Waals surface area contributed by atoms with Crippen LogP contribution in [0.15, 0.2) is 30.3 Å². The quantitative estimate of drug-likeness (QED) is 0.902. The third-order valence-electron chi connectivity index (χ3n) is 2.81. The van der Waals surface area contributed by atoms with Crippen LogP contribution in [0.5, 0.6) is 0 Å². The molecule has 5 heteroatoms. The van der Waals surface area contributed by atoms with Crippen LogP contribution in [-0.4, -0.2) is 23.7 Å². The fraction of sp³-hybridized carbons (Fsp3) is 0.267. The smallest absolute Gasteiger partial charge is 0.228 e. The van der Waals surface area contributed by atoms with Gasteiger partial charge >= 0.3 is 0 Å². The summed E-state index contributed by atoms with van der Waals surface area (Å²) in [5.41, 5.74) is 3.17. The Labute approximate surface area is 118 Å². The topological polar surface area (TPSA) is 70.8 Å². The average molecular weight is 268 g/mol. The van der Waals surface area contributed by atoms with Crippen molar-refractivity contribution in [1.29, 1.82) is 5.26 Å². The lowest BCUT2D eigenvalue weighted by atomic mass is 10.1. The van der Waals surface area contributed by atoms with Gasteiger partial charge < -0.3 is 10.1 Å². The highest BCUT2D eigenvalue weighted by molar-refractivity contribution is 5.58. The molecule has 0 aliphatic heterocycles. The monoisotopic (exact) mass is 268 g/mol. The van der Waals surface area contributed by atoms with Gasteiger partial charge in [-0.2, -0.15) is 5.26 Å². The molecule has 2 aromatic rings. The Morgan fingerprint density at radius 2 is 2.10 bits per heavy atom. The number of rotatable bonds is 5. The second kappa shape index (κ2) is 6.64. The largest absolute Gasteiger partial charge is 0.384 e. The van der Waals surface area contributed by atoms with Gasteiger partial charge in [0.15, 0.2) is 0 Å². The van der Waals surface area contributed by atoms with E-state index >= 15 is 0 Å². The van der Waals surface area contributed by atoms with Crippen molar-refractivity contribution in [2.75, 3.05) is 19.0 Å². The summed E-state index contributed by atoms with van der Waals surface area (Å²) >= 11 is 0. The minimum absolute atomic E-state index is 0.356. The fourth-order valence-electron chi connectivity index (χ4n) is 1.87. The molecule has 0 fully saturated rings. The van der Waals surface area contributed by atoms with E-state index in [4.69, 9.17) is 10.00 Å². The van der Waals surface area contributed by atoms with E-state index in [0.717, 1.165) is 23.4 Å². The van der Waals surface area contributed by atoms with Gasteiger partial charge in [0.25, 0.3) is 0 Å². The molecule has 1 heterocycles. The Balaban J connectivity index is 2.26. The van der Waals surface area contributed by atoms with Crippen LogP contribution >= 0.6 is 0 Å². The molecule has 1 aromatic heterocycles. The summed E-state index contributed by atoms with van der Waals surface area (Å²) < 4.78 is 5.10. The number of methoxy groups -OCH3 is 1. The van der Waals surface area contributed by atoms with E-state index in [1.54, 1.807) is 13.2 Å². The predicted molar refractivity (Wildman–Crippen MR) is 76.8 cm³/mol. The summed E-state index contributed by atoms with van der Waals surface area (Å²) in [7, 11) is 1.68. The lowest BCUT2D eigenvalue weighted by Crippen LogP contribution is -2.04. The summed E-state index contributed by atoms with van der Waals surface area (Å²) in [5.74, 6) is 0.436. The van der Waals surface area contributed by atoms with Crippen LogP contribution in [0.1, 0.15) is 17.0 Å². The Morgan fingerprint density at radius 1 is 1.30 bits per heavy atom. The zero-order valence-electron chi connectivity index (χ0n) is 11.6. The highest BCUT2D eigenvalue weighted by atomic mass is 16.5. The average Bonchev–Trinajstić information content (AvgIpc) is 2.45. The van der Waals surface area contributed by atoms with Gasteiger partial charge in [-0.3, -0.25) is 0 Å². The molecule has 0 aliphatic rings. The normalized spacial score (nSPS) is 10.1. The van der Waals surface area contributed by atoms with Crippen molar-refractivity contribution in [1.82, 2.24) is 9.97 Å². The number of nitrogens with one attached hydrogen (secondary N) is 1. The molecule has 0 saturated heterocycles. The van der Waals surface area contributed by atoms with Crippen LogP contribution in [0.2, 0.25) is 0 Å². The first kappa shape index (κ1) is 14.0. The van der Waals surface area contributed by atoms with E-state index < -0.39 is 0 Å². The maximum Gasteiger partial charge on any atom is 0.228 e. The number of ether oxygens (including phenoxy) is 1. The Kier molecular flexibility index (Phi) is 4.64. The maximum atomic E-state index is 8.94. The number of aromatic nitrogens is 2. The minimum Gasteiger partial charge on any atom is -0.384 e. The molecular formula is C15H16N4O. The van der Waals surface area contributed by atoms with Crippen molar-refractivity contribution < 1.29 is 4.74 Å². The Bertz CT molecular complexity index is 634. The highest BCUT2D eigenvalue weighted by Crippen LogP contribution is 2.19. The van der Waals surface area contributed by atoms with Gasteiger partial charge in [0.2, 0.25) is 5.95 Å². The highest BCUT2D eigenvalue weighted by Gasteiger charge is 2.06.